The third-order valence-corrected chi connectivity index (χ3v) is 4.77. The summed E-state index contributed by atoms with van der Waals surface area (Å²) in [4.78, 5) is 2.40. The number of hydrogen-bond acceptors (Lipinski definition) is 3. The zero-order chi connectivity index (χ0) is 12.3. The van der Waals surface area contributed by atoms with Crippen LogP contribution in [0, 0.1) is 0 Å². The maximum atomic E-state index is 10.1. The van der Waals surface area contributed by atoms with Gasteiger partial charge in [-0.05, 0) is 32.7 Å². The van der Waals surface area contributed by atoms with Gasteiger partial charge in [-0.15, -0.1) is 0 Å². The zero-order valence-corrected chi connectivity index (χ0v) is 11.1. The highest BCUT2D eigenvalue weighted by atomic mass is 16.3. The molecule has 0 aromatic rings. The molecule has 3 heteroatoms. The van der Waals surface area contributed by atoms with Crippen LogP contribution in [0.15, 0.2) is 0 Å². The third-order valence-electron chi connectivity index (χ3n) is 4.77. The lowest BCUT2D eigenvalue weighted by atomic mass is 9.89. The molecule has 0 aromatic carbocycles. The predicted molar refractivity (Wildman–Crippen MR) is 70.9 cm³/mol. The molecule has 0 aromatic heterocycles. The first kappa shape index (κ1) is 13.3. The van der Waals surface area contributed by atoms with Crippen molar-refractivity contribution in [3.8, 4) is 0 Å². The van der Waals surface area contributed by atoms with E-state index < -0.39 is 0 Å². The molecule has 2 aliphatic carbocycles. The molecule has 0 aliphatic heterocycles. The van der Waals surface area contributed by atoms with E-state index in [9.17, 15) is 5.11 Å². The first-order chi connectivity index (χ1) is 8.20. The second kappa shape index (κ2) is 6.17. The van der Waals surface area contributed by atoms with Gasteiger partial charge in [0.15, 0.2) is 0 Å². The predicted octanol–water partition coefficient (Wildman–Crippen LogP) is 1.88. The van der Waals surface area contributed by atoms with Crippen LogP contribution < -0.4 is 5.73 Å². The Balaban J connectivity index is 1.98. The molecule has 2 aliphatic rings. The molecule has 2 rings (SSSR count). The van der Waals surface area contributed by atoms with Gasteiger partial charge in [-0.3, -0.25) is 4.90 Å². The normalized spacial score (nSPS) is 40.2. The van der Waals surface area contributed by atoms with Crippen LogP contribution in [-0.2, 0) is 0 Å². The average Bonchev–Trinajstić information content (AvgIpc) is 2.54. The molecule has 3 N–H and O–H groups in total. The van der Waals surface area contributed by atoms with E-state index in [1.165, 1.54) is 38.5 Å². The fraction of sp³-hybridized carbons (Fsp3) is 1.00. The number of aliphatic hydroxyl groups excluding tert-OH is 1. The minimum Gasteiger partial charge on any atom is -0.391 e. The van der Waals surface area contributed by atoms with Gasteiger partial charge in [0, 0.05) is 18.1 Å². The minimum absolute atomic E-state index is 0.135. The zero-order valence-electron chi connectivity index (χ0n) is 11.1. The second-order valence-electron chi connectivity index (χ2n) is 5.95. The molecule has 0 spiro atoms. The van der Waals surface area contributed by atoms with E-state index in [-0.39, 0.29) is 6.10 Å². The number of hydrogen-bond donors (Lipinski definition) is 2. The van der Waals surface area contributed by atoms with Crippen molar-refractivity contribution in [2.24, 2.45) is 5.73 Å². The summed E-state index contributed by atoms with van der Waals surface area (Å²) in [6.45, 7) is 0. The summed E-state index contributed by atoms with van der Waals surface area (Å²) in [5.41, 5.74) is 6.31. The number of rotatable bonds is 2. The largest absolute Gasteiger partial charge is 0.391 e. The number of likely N-dealkylation sites (N-methyl/N-ethyl adjacent to an activating group) is 1. The maximum Gasteiger partial charge on any atom is 0.0695 e. The van der Waals surface area contributed by atoms with E-state index in [0.29, 0.717) is 18.1 Å². The highest BCUT2D eigenvalue weighted by Gasteiger charge is 2.33. The number of aliphatic hydroxyl groups is 1. The van der Waals surface area contributed by atoms with Gasteiger partial charge in [-0.1, -0.05) is 32.1 Å². The number of nitrogens with two attached hydrogens (primary N) is 1. The summed E-state index contributed by atoms with van der Waals surface area (Å²) >= 11 is 0. The molecular formula is C14H28N2O. The molecule has 2 saturated carbocycles. The molecule has 4 atom stereocenters. The average molecular weight is 240 g/mol. The molecule has 0 saturated heterocycles. The van der Waals surface area contributed by atoms with Crippen LogP contribution in [0.2, 0.25) is 0 Å². The van der Waals surface area contributed by atoms with Crippen molar-refractivity contribution in [1.29, 1.82) is 0 Å². The quantitative estimate of drug-likeness (QED) is 0.725. The molecule has 0 amide bonds. The second-order valence-corrected chi connectivity index (χ2v) is 5.95. The van der Waals surface area contributed by atoms with E-state index in [4.69, 9.17) is 5.73 Å². The molecule has 0 radical (unpaired) electrons. The van der Waals surface area contributed by atoms with Gasteiger partial charge in [-0.2, -0.15) is 0 Å². The van der Waals surface area contributed by atoms with E-state index >= 15 is 0 Å². The van der Waals surface area contributed by atoms with Crippen LogP contribution in [-0.4, -0.2) is 41.3 Å². The Bertz CT molecular complexity index is 234. The van der Waals surface area contributed by atoms with E-state index in [1.807, 2.05) is 0 Å². The van der Waals surface area contributed by atoms with E-state index in [2.05, 4.69) is 11.9 Å². The van der Waals surface area contributed by atoms with Crippen LogP contribution >= 0.6 is 0 Å². The molecule has 4 unspecified atom stereocenters. The monoisotopic (exact) mass is 240 g/mol. The lowest BCUT2D eigenvalue weighted by molar-refractivity contribution is 0.00593. The molecule has 100 valence electrons. The molecule has 0 bridgehead atoms. The van der Waals surface area contributed by atoms with Crippen LogP contribution in [0.25, 0.3) is 0 Å². The summed E-state index contributed by atoms with van der Waals surface area (Å²) < 4.78 is 0. The Hall–Kier alpha value is -0.120. The lowest BCUT2D eigenvalue weighted by Crippen LogP contribution is -2.54. The SMILES string of the molecule is CN(C1CCCCCC1N)C1CCCCC1O. The molecular weight excluding hydrogens is 212 g/mol. The van der Waals surface area contributed by atoms with Gasteiger partial charge < -0.3 is 10.8 Å². The fourth-order valence-electron chi connectivity index (χ4n) is 3.64. The Morgan fingerprint density at radius 3 is 2.24 bits per heavy atom. The highest BCUT2D eigenvalue weighted by molar-refractivity contribution is 4.90. The highest BCUT2D eigenvalue weighted by Crippen LogP contribution is 2.28. The van der Waals surface area contributed by atoms with Crippen LogP contribution in [0.1, 0.15) is 57.8 Å². The third kappa shape index (κ3) is 3.21. The van der Waals surface area contributed by atoms with Crippen molar-refractivity contribution >= 4 is 0 Å². The van der Waals surface area contributed by atoms with Gasteiger partial charge in [-0.25, -0.2) is 0 Å². The first-order valence-corrected chi connectivity index (χ1v) is 7.35. The van der Waals surface area contributed by atoms with Crippen molar-refractivity contribution in [3.63, 3.8) is 0 Å². The van der Waals surface area contributed by atoms with E-state index in [1.54, 1.807) is 0 Å². The summed E-state index contributed by atoms with van der Waals surface area (Å²) in [6, 6.07) is 1.13. The summed E-state index contributed by atoms with van der Waals surface area (Å²) in [5.74, 6) is 0. The van der Waals surface area contributed by atoms with Gasteiger partial charge in [0.2, 0.25) is 0 Å². The topological polar surface area (TPSA) is 49.5 Å². The van der Waals surface area contributed by atoms with Crippen molar-refractivity contribution < 1.29 is 5.11 Å². The maximum absolute atomic E-state index is 10.1. The van der Waals surface area contributed by atoms with Crippen molar-refractivity contribution in [2.75, 3.05) is 7.05 Å². The van der Waals surface area contributed by atoms with Crippen molar-refractivity contribution in [3.05, 3.63) is 0 Å². The molecule has 0 heterocycles. The first-order valence-electron chi connectivity index (χ1n) is 7.35. The smallest absolute Gasteiger partial charge is 0.0695 e. The Morgan fingerprint density at radius 1 is 0.882 bits per heavy atom. The Morgan fingerprint density at radius 2 is 1.47 bits per heavy atom. The lowest BCUT2D eigenvalue weighted by Gasteiger charge is -2.41. The van der Waals surface area contributed by atoms with Gasteiger partial charge in [0.1, 0.15) is 0 Å². The standard InChI is InChI=1S/C14H28N2O/c1-16(13-9-5-6-10-14(13)17)12-8-4-2-3-7-11(12)15/h11-14,17H,2-10,15H2,1H3. The summed E-state index contributed by atoms with van der Waals surface area (Å²) in [7, 11) is 2.18. The fourth-order valence-corrected chi connectivity index (χ4v) is 3.64. The Labute approximate surface area is 105 Å². The van der Waals surface area contributed by atoms with Crippen molar-refractivity contribution in [2.45, 2.75) is 82.0 Å². The van der Waals surface area contributed by atoms with Gasteiger partial charge >= 0.3 is 0 Å². The van der Waals surface area contributed by atoms with Gasteiger partial charge in [0.05, 0.1) is 6.10 Å². The minimum atomic E-state index is -0.135. The number of nitrogens with zero attached hydrogens (tertiary/aromatic N) is 1. The molecule has 2 fully saturated rings. The summed E-state index contributed by atoms with van der Waals surface area (Å²) in [6.07, 6.45) is 10.7. The molecule has 3 nitrogen and oxygen atoms in total. The van der Waals surface area contributed by atoms with Gasteiger partial charge in [0.25, 0.3) is 0 Å². The Kier molecular flexibility index (Phi) is 4.83. The van der Waals surface area contributed by atoms with Crippen LogP contribution in [0.4, 0.5) is 0 Å². The van der Waals surface area contributed by atoms with Crippen LogP contribution in [0.3, 0.4) is 0 Å². The van der Waals surface area contributed by atoms with Crippen molar-refractivity contribution in [1.82, 2.24) is 4.90 Å². The van der Waals surface area contributed by atoms with Crippen LogP contribution in [0.5, 0.6) is 0 Å². The summed E-state index contributed by atoms with van der Waals surface area (Å²) in [5, 5.41) is 10.1. The molecule has 17 heavy (non-hydrogen) atoms. The van der Waals surface area contributed by atoms with E-state index in [0.717, 1.165) is 19.3 Å².